The van der Waals surface area contributed by atoms with E-state index in [1.54, 1.807) is 19.2 Å². The molecular formula is C26H31N3O3. The third-order valence-corrected chi connectivity index (χ3v) is 7.28. The van der Waals surface area contributed by atoms with Crippen LogP contribution in [0, 0.1) is 6.92 Å². The highest BCUT2D eigenvalue weighted by Gasteiger charge is 2.36. The van der Waals surface area contributed by atoms with E-state index in [-0.39, 0.29) is 6.04 Å². The number of fused-ring (bicyclic) bond motifs is 2. The highest BCUT2D eigenvalue weighted by atomic mass is 16.5. The summed E-state index contributed by atoms with van der Waals surface area (Å²) in [6.07, 6.45) is 5.80. The SMILES string of the molecule is COc1cc(C)c2[nH]ccc2c1CN1C[C@H]2CCCCN2C[C@@H]1c1ccc(C(=O)O)cc1. The number of ether oxygens (including phenoxy) is 1. The normalized spacial score (nSPS) is 22.1. The van der Waals surface area contributed by atoms with E-state index in [0.29, 0.717) is 11.6 Å². The zero-order chi connectivity index (χ0) is 22.2. The Morgan fingerprint density at radius 1 is 1.19 bits per heavy atom. The fourth-order valence-corrected chi connectivity index (χ4v) is 5.57. The summed E-state index contributed by atoms with van der Waals surface area (Å²) in [5.74, 6) is 0.0491. The van der Waals surface area contributed by atoms with Crippen molar-refractivity contribution in [3.63, 3.8) is 0 Å². The van der Waals surface area contributed by atoms with Crippen LogP contribution in [0.3, 0.4) is 0 Å². The van der Waals surface area contributed by atoms with Crippen LogP contribution in [0.4, 0.5) is 0 Å². The van der Waals surface area contributed by atoms with Crippen LogP contribution in [0.25, 0.3) is 10.9 Å². The van der Waals surface area contributed by atoms with Gasteiger partial charge in [-0.15, -0.1) is 0 Å². The number of H-pyrrole nitrogens is 1. The average molecular weight is 434 g/mol. The van der Waals surface area contributed by atoms with E-state index in [0.717, 1.165) is 31.9 Å². The summed E-state index contributed by atoms with van der Waals surface area (Å²) in [5.41, 5.74) is 5.07. The van der Waals surface area contributed by atoms with Crippen molar-refractivity contribution in [1.29, 1.82) is 0 Å². The van der Waals surface area contributed by atoms with Crippen LogP contribution in [-0.2, 0) is 6.54 Å². The van der Waals surface area contributed by atoms with Crippen LogP contribution in [0.5, 0.6) is 5.75 Å². The smallest absolute Gasteiger partial charge is 0.335 e. The molecule has 5 rings (SSSR count). The van der Waals surface area contributed by atoms with E-state index in [9.17, 15) is 9.90 Å². The van der Waals surface area contributed by atoms with E-state index in [1.807, 2.05) is 18.3 Å². The maximum Gasteiger partial charge on any atom is 0.335 e. The molecule has 0 bridgehead atoms. The van der Waals surface area contributed by atoms with Gasteiger partial charge in [0.25, 0.3) is 0 Å². The van der Waals surface area contributed by atoms with Crippen molar-refractivity contribution < 1.29 is 14.6 Å². The fourth-order valence-electron chi connectivity index (χ4n) is 5.57. The van der Waals surface area contributed by atoms with Gasteiger partial charge in [-0.25, -0.2) is 4.79 Å². The van der Waals surface area contributed by atoms with Gasteiger partial charge in [-0.05, 0) is 61.7 Å². The molecule has 0 radical (unpaired) electrons. The quantitative estimate of drug-likeness (QED) is 0.616. The number of nitrogens with zero attached hydrogens (tertiary/aromatic N) is 2. The molecule has 2 aliphatic rings. The molecular weight excluding hydrogens is 402 g/mol. The molecule has 3 aromatic rings. The Labute approximate surface area is 188 Å². The number of piperidine rings is 1. The second-order valence-corrected chi connectivity index (χ2v) is 9.16. The van der Waals surface area contributed by atoms with Gasteiger partial charge in [0.05, 0.1) is 12.7 Å². The Morgan fingerprint density at radius 3 is 2.75 bits per heavy atom. The van der Waals surface area contributed by atoms with Crippen LogP contribution in [0.15, 0.2) is 42.6 Å². The van der Waals surface area contributed by atoms with Crippen molar-refractivity contribution in [1.82, 2.24) is 14.8 Å². The molecule has 2 aromatic carbocycles. The summed E-state index contributed by atoms with van der Waals surface area (Å²) in [5, 5.41) is 10.5. The first-order valence-corrected chi connectivity index (χ1v) is 11.5. The number of hydrogen-bond acceptors (Lipinski definition) is 4. The largest absolute Gasteiger partial charge is 0.496 e. The van der Waals surface area contributed by atoms with Gasteiger partial charge in [0.15, 0.2) is 0 Å². The summed E-state index contributed by atoms with van der Waals surface area (Å²) < 4.78 is 5.82. The molecule has 0 unspecified atom stereocenters. The predicted molar refractivity (Wildman–Crippen MR) is 125 cm³/mol. The number of piperazine rings is 1. The van der Waals surface area contributed by atoms with E-state index >= 15 is 0 Å². The van der Waals surface area contributed by atoms with Gasteiger partial charge in [0.1, 0.15) is 5.75 Å². The lowest BCUT2D eigenvalue weighted by atomic mass is 9.92. The number of hydrogen-bond donors (Lipinski definition) is 2. The Bertz CT molecular complexity index is 1120. The first-order chi connectivity index (χ1) is 15.5. The summed E-state index contributed by atoms with van der Waals surface area (Å²) in [7, 11) is 1.75. The maximum atomic E-state index is 11.3. The zero-order valence-electron chi connectivity index (χ0n) is 18.8. The predicted octanol–water partition coefficient (Wildman–Crippen LogP) is 4.59. The third kappa shape index (κ3) is 3.78. The number of carboxylic acids is 1. The van der Waals surface area contributed by atoms with Gasteiger partial charge in [-0.2, -0.15) is 0 Å². The molecule has 2 saturated heterocycles. The van der Waals surface area contributed by atoms with Gasteiger partial charge < -0.3 is 14.8 Å². The summed E-state index contributed by atoms with van der Waals surface area (Å²) in [6.45, 7) is 6.04. The number of aromatic nitrogens is 1. The molecule has 6 nitrogen and oxygen atoms in total. The molecule has 0 spiro atoms. The zero-order valence-corrected chi connectivity index (χ0v) is 18.8. The summed E-state index contributed by atoms with van der Waals surface area (Å²) in [6, 6.07) is 12.5. The van der Waals surface area contributed by atoms with E-state index in [1.165, 1.54) is 46.9 Å². The molecule has 1 aromatic heterocycles. The minimum atomic E-state index is -0.882. The molecule has 2 fully saturated rings. The molecule has 168 valence electrons. The molecule has 32 heavy (non-hydrogen) atoms. The Kier molecular flexibility index (Phi) is 5.66. The Morgan fingerprint density at radius 2 is 2.00 bits per heavy atom. The topological polar surface area (TPSA) is 68.8 Å². The molecule has 0 amide bonds. The number of aryl methyl sites for hydroxylation is 1. The summed E-state index contributed by atoms with van der Waals surface area (Å²) in [4.78, 5) is 19.9. The van der Waals surface area contributed by atoms with Gasteiger partial charge in [-0.1, -0.05) is 18.6 Å². The second-order valence-electron chi connectivity index (χ2n) is 9.16. The van der Waals surface area contributed by atoms with Crippen molar-refractivity contribution in [2.45, 2.75) is 44.8 Å². The van der Waals surface area contributed by atoms with Crippen molar-refractivity contribution in [2.24, 2.45) is 0 Å². The van der Waals surface area contributed by atoms with E-state index < -0.39 is 5.97 Å². The number of nitrogens with one attached hydrogen (secondary N) is 1. The van der Waals surface area contributed by atoms with Crippen molar-refractivity contribution in [2.75, 3.05) is 26.7 Å². The molecule has 0 aliphatic carbocycles. The van der Waals surface area contributed by atoms with Gasteiger partial charge in [0, 0.05) is 54.4 Å². The number of aromatic carboxylic acids is 1. The fraction of sp³-hybridized carbons (Fsp3) is 0.423. The minimum Gasteiger partial charge on any atom is -0.496 e. The molecule has 2 atom stereocenters. The van der Waals surface area contributed by atoms with Gasteiger partial charge >= 0.3 is 5.97 Å². The molecule has 2 N–H and O–H groups in total. The van der Waals surface area contributed by atoms with Crippen LogP contribution in [0.2, 0.25) is 0 Å². The van der Waals surface area contributed by atoms with Crippen molar-refractivity contribution in [3.05, 3.63) is 64.8 Å². The number of carbonyl (C=O) groups is 1. The third-order valence-electron chi connectivity index (χ3n) is 7.28. The monoisotopic (exact) mass is 433 g/mol. The maximum absolute atomic E-state index is 11.3. The van der Waals surface area contributed by atoms with Crippen molar-refractivity contribution >= 4 is 16.9 Å². The van der Waals surface area contributed by atoms with Crippen LogP contribution < -0.4 is 4.74 Å². The molecule has 2 aliphatic heterocycles. The molecule has 6 heteroatoms. The number of rotatable bonds is 5. The number of benzene rings is 2. The number of methoxy groups -OCH3 is 1. The lowest BCUT2D eigenvalue weighted by molar-refractivity contribution is 0.00341. The Balaban J connectivity index is 1.52. The lowest BCUT2D eigenvalue weighted by Crippen LogP contribution is -2.55. The number of carboxylic acid groups (broad SMARTS) is 1. The molecule has 0 saturated carbocycles. The first-order valence-electron chi connectivity index (χ1n) is 11.5. The molecule has 3 heterocycles. The number of aromatic amines is 1. The van der Waals surface area contributed by atoms with Crippen LogP contribution >= 0.6 is 0 Å². The lowest BCUT2D eigenvalue weighted by Gasteiger charge is -2.48. The highest BCUT2D eigenvalue weighted by molar-refractivity contribution is 5.88. The standard InChI is InChI=1S/C26H31N3O3/c1-17-13-24(32-2)22(21-10-11-27-25(17)21)15-29-14-20-5-3-4-12-28(20)16-23(29)18-6-8-19(9-7-18)26(30)31/h6-11,13,20,23,27H,3-5,12,14-16H2,1-2H3,(H,30,31)/t20-,23-/m1/s1. The second kappa shape index (κ2) is 8.60. The van der Waals surface area contributed by atoms with Crippen LogP contribution in [0.1, 0.15) is 52.4 Å². The van der Waals surface area contributed by atoms with Gasteiger partial charge in [-0.3, -0.25) is 9.80 Å². The minimum absolute atomic E-state index is 0.215. The van der Waals surface area contributed by atoms with Gasteiger partial charge in [0.2, 0.25) is 0 Å². The highest BCUT2D eigenvalue weighted by Crippen LogP contribution is 2.37. The van der Waals surface area contributed by atoms with Crippen LogP contribution in [-0.4, -0.2) is 58.6 Å². The van der Waals surface area contributed by atoms with Crippen molar-refractivity contribution in [3.8, 4) is 5.75 Å². The average Bonchev–Trinajstić information content (AvgIpc) is 3.31. The van der Waals surface area contributed by atoms with E-state index in [2.05, 4.69) is 33.8 Å². The Hall–Kier alpha value is -2.83. The summed E-state index contributed by atoms with van der Waals surface area (Å²) >= 11 is 0. The first kappa shape index (κ1) is 21.0. The van der Waals surface area contributed by atoms with E-state index in [4.69, 9.17) is 4.74 Å².